The molecule has 1 N–H and O–H groups in total. The summed E-state index contributed by atoms with van der Waals surface area (Å²) in [4.78, 5) is 12.7. The van der Waals surface area contributed by atoms with Crippen LogP contribution in [0, 0.1) is 0 Å². The maximum atomic E-state index is 12.3. The molecule has 0 radical (unpaired) electrons. The van der Waals surface area contributed by atoms with Gasteiger partial charge in [0.2, 0.25) is 5.91 Å². The normalized spacial score (nSPS) is 18.8. The Hall–Kier alpha value is -1.56. The lowest BCUT2D eigenvalue weighted by atomic mass is 9.95. The van der Waals surface area contributed by atoms with Crippen molar-refractivity contribution < 1.29 is 18.0 Å². The molecule has 1 atom stereocenters. The second-order valence-electron chi connectivity index (χ2n) is 4.72. The summed E-state index contributed by atoms with van der Waals surface area (Å²) in [5.41, 5.74) is 2.10. The molecule has 1 aliphatic rings. The summed E-state index contributed by atoms with van der Waals surface area (Å²) in [6.07, 6.45) is -3.94. The summed E-state index contributed by atoms with van der Waals surface area (Å²) in [6, 6.07) is 7.04. The molecule has 0 aromatic heterocycles. The highest BCUT2D eigenvalue weighted by molar-refractivity contribution is 5.82. The van der Waals surface area contributed by atoms with Gasteiger partial charge in [0, 0.05) is 13.6 Å². The molecule has 0 fully saturated rings. The Labute approximate surface area is 109 Å². The first-order chi connectivity index (χ1) is 8.87. The third kappa shape index (κ3) is 3.47. The third-order valence-corrected chi connectivity index (χ3v) is 3.17. The molecular weight excluding hydrogens is 257 g/mol. The highest BCUT2D eigenvalue weighted by Gasteiger charge is 2.34. The summed E-state index contributed by atoms with van der Waals surface area (Å²) >= 11 is 0. The lowest BCUT2D eigenvalue weighted by Crippen LogP contribution is -2.50. The molecule has 0 saturated heterocycles. The first-order valence-corrected chi connectivity index (χ1v) is 5.99. The Morgan fingerprint density at radius 3 is 2.63 bits per heavy atom. The van der Waals surface area contributed by atoms with Gasteiger partial charge in [-0.3, -0.25) is 4.79 Å². The fraction of sp³-hybridized carbons (Fsp3) is 0.462. The lowest BCUT2D eigenvalue weighted by molar-refractivity contribution is -0.159. The van der Waals surface area contributed by atoms with Crippen LogP contribution < -0.4 is 5.32 Å². The highest BCUT2D eigenvalue weighted by Crippen LogP contribution is 2.19. The average Bonchev–Trinajstić information content (AvgIpc) is 2.35. The maximum absolute atomic E-state index is 12.3. The molecule has 1 heterocycles. The molecular formula is C13H15F3N2O. The number of likely N-dealkylation sites (N-methyl/N-ethyl adjacent to an activating group) is 1. The van der Waals surface area contributed by atoms with Gasteiger partial charge in [-0.1, -0.05) is 24.3 Å². The first kappa shape index (κ1) is 13.9. The number of nitrogens with one attached hydrogen (secondary N) is 1. The summed E-state index contributed by atoms with van der Waals surface area (Å²) in [7, 11) is 1.18. The number of carbonyl (C=O) groups is 1. The number of amides is 1. The van der Waals surface area contributed by atoms with Crippen LogP contribution in [0.5, 0.6) is 0 Å². The van der Waals surface area contributed by atoms with Gasteiger partial charge in [0.05, 0.1) is 6.04 Å². The predicted octanol–water partition coefficient (Wildman–Crippen LogP) is 1.72. The van der Waals surface area contributed by atoms with Crippen molar-refractivity contribution in [1.29, 1.82) is 0 Å². The van der Waals surface area contributed by atoms with Crippen molar-refractivity contribution in [3.05, 3.63) is 35.4 Å². The van der Waals surface area contributed by atoms with Crippen LogP contribution in [-0.2, 0) is 17.8 Å². The fourth-order valence-corrected chi connectivity index (χ4v) is 2.24. The molecule has 1 aromatic carbocycles. The van der Waals surface area contributed by atoms with Gasteiger partial charge < -0.3 is 10.2 Å². The van der Waals surface area contributed by atoms with E-state index in [4.69, 9.17) is 0 Å². The molecule has 1 amide bonds. The van der Waals surface area contributed by atoms with E-state index in [0.29, 0.717) is 13.0 Å². The van der Waals surface area contributed by atoms with E-state index < -0.39 is 24.7 Å². The van der Waals surface area contributed by atoms with Crippen molar-refractivity contribution in [1.82, 2.24) is 10.2 Å². The minimum Gasteiger partial charge on any atom is -0.335 e. The van der Waals surface area contributed by atoms with Gasteiger partial charge in [0.25, 0.3) is 0 Å². The van der Waals surface area contributed by atoms with E-state index in [2.05, 4.69) is 5.32 Å². The largest absolute Gasteiger partial charge is 0.406 e. The molecule has 104 valence electrons. The Kier molecular flexibility index (Phi) is 3.80. The number of hydrogen-bond acceptors (Lipinski definition) is 2. The second-order valence-corrected chi connectivity index (χ2v) is 4.72. The summed E-state index contributed by atoms with van der Waals surface area (Å²) in [5.74, 6) is -0.521. The standard InChI is InChI=1S/C13H15F3N2O/c1-18(8-13(14,15)16)12(19)11-6-9-4-2-3-5-10(9)7-17-11/h2-5,11,17H,6-8H2,1H3/t11-/m1/s1. The van der Waals surface area contributed by atoms with E-state index >= 15 is 0 Å². The van der Waals surface area contributed by atoms with Crippen molar-refractivity contribution in [2.24, 2.45) is 0 Å². The van der Waals surface area contributed by atoms with Gasteiger partial charge >= 0.3 is 6.18 Å². The van der Waals surface area contributed by atoms with Crippen molar-refractivity contribution in [2.75, 3.05) is 13.6 Å². The molecule has 1 aliphatic heterocycles. The number of alkyl halides is 3. The van der Waals surface area contributed by atoms with Gasteiger partial charge in [0.1, 0.15) is 6.54 Å². The zero-order chi connectivity index (χ0) is 14.0. The highest BCUT2D eigenvalue weighted by atomic mass is 19.4. The molecule has 6 heteroatoms. The van der Waals surface area contributed by atoms with Gasteiger partial charge in [-0.15, -0.1) is 0 Å². The molecule has 2 rings (SSSR count). The molecule has 19 heavy (non-hydrogen) atoms. The second kappa shape index (κ2) is 5.21. The Bertz CT molecular complexity index is 473. The minimum absolute atomic E-state index is 0.428. The third-order valence-electron chi connectivity index (χ3n) is 3.17. The monoisotopic (exact) mass is 272 g/mol. The summed E-state index contributed by atoms with van der Waals surface area (Å²) < 4.78 is 36.8. The van der Waals surface area contributed by atoms with Gasteiger partial charge in [-0.2, -0.15) is 13.2 Å². The number of rotatable bonds is 2. The van der Waals surface area contributed by atoms with Crippen LogP contribution in [0.2, 0.25) is 0 Å². The number of benzene rings is 1. The number of fused-ring (bicyclic) bond motifs is 1. The van der Waals surface area contributed by atoms with Gasteiger partial charge in [-0.25, -0.2) is 0 Å². The minimum atomic E-state index is -4.36. The number of nitrogens with zero attached hydrogens (tertiary/aromatic N) is 1. The predicted molar refractivity (Wildman–Crippen MR) is 64.5 cm³/mol. The van der Waals surface area contributed by atoms with Crippen LogP contribution in [0.3, 0.4) is 0 Å². The fourth-order valence-electron chi connectivity index (χ4n) is 2.24. The number of hydrogen-bond donors (Lipinski definition) is 1. The van der Waals surface area contributed by atoms with Crippen LogP contribution in [0.1, 0.15) is 11.1 Å². The smallest absolute Gasteiger partial charge is 0.335 e. The SMILES string of the molecule is CN(CC(F)(F)F)C(=O)[C@H]1Cc2ccccc2CN1. The molecule has 0 unspecified atom stereocenters. The zero-order valence-corrected chi connectivity index (χ0v) is 10.5. The average molecular weight is 272 g/mol. The molecule has 1 aromatic rings. The molecule has 0 saturated carbocycles. The maximum Gasteiger partial charge on any atom is 0.406 e. The Balaban J connectivity index is 2.03. The van der Waals surface area contributed by atoms with E-state index in [-0.39, 0.29) is 0 Å². The van der Waals surface area contributed by atoms with Gasteiger partial charge in [-0.05, 0) is 17.5 Å². The summed E-state index contributed by atoms with van der Waals surface area (Å²) in [6.45, 7) is -0.710. The van der Waals surface area contributed by atoms with Crippen LogP contribution in [0.25, 0.3) is 0 Å². The molecule has 0 spiro atoms. The van der Waals surface area contributed by atoms with Crippen molar-refractivity contribution in [2.45, 2.75) is 25.2 Å². The van der Waals surface area contributed by atoms with E-state index in [0.717, 1.165) is 16.0 Å². The molecule has 0 bridgehead atoms. The van der Waals surface area contributed by atoms with Crippen LogP contribution in [0.15, 0.2) is 24.3 Å². The van der Waals surface area contributed by atoms with E-state index in [1.165, 1.54) is 7.05 Å². The lowest BCUT2D eigenvalue weighted by Gasteiger charge is -2.29. The van der Waals surface area contributed by atoms with Crippen molar-refractivity contribution >= 4 is 5.91 Å². The zero-order valence-electron chi connectivity index (χ0n) is 10.5. The van der Waals surface area contributed by atoms with Crippen LogP contribution >= 0.6 is 0 Å². The van der Waals surface area contributed by atoms with Gasteiger partial charge in [0.15, 0.2) is 0 Å². The molecule has 3 nitrogen and oxygen atoms in total. The molecule has 0 aliphatic carbocycles. The van der Waals surface area contributed by atoms with Crippen molar-refractivity contribution in [3.8, 4) is 0 Å². The van der Waals surface area contributed by atoms with Crippen LogP contribution in [0.4, 0.5) is 13.2 Å². The Morgan fingerprint density at radius 2 is 2.00 bits per heavy atom. The topological polar surface area (TPSA) is 32.3 Å². The quantitative estimate of drug-likeness (QED) is 0.889. The summed E-state index contributed by atoms with van der Waals surface area (Å²) in [5, 5.41) is 2.98. The van der Waals surface area contributed by atoms with E-state index in [1.54, 1.807) is 0 Å². The van der Waals surface area contributed by atoms with Crippen LogP contribution in [-0.4, -0.2) is 36.6 Å². The van der Waals surface area contributed by atoms with Crippen molar-refractivity contribution in [3.63, 3.8) is 0 Å². The van der Waals surface area contributed by atoms with E-state index in [1.807, 2.05) is 24.3 Å². The number of halogens is 3. The number of carbonyl (C=O) groups excluding carboxylic acids is 1. The van der Waals surface area contributed by atoms with E-state index in [9.17, 15) is 18.0 Å². The Morgan fingerprint density at radius 1 is 1.37 bits per heavy atom. The first-order valence-electron chi connectivity index (χ1n) is 5.99.